The third-order valence-corrected chi connectivity index (χ3v) is 13.0. The van der Waals surface area contributed by atoms with Gasteiger partial charge in [-0.25, -0.2) is 0 Å². The molecule has 0 fully saturated rings. The molecule has 4 heteroatoms. The van der Waals surface area contributed by atoms with Gasteiger partial charge in [0.05, 0.1) is 0 Å². The standard InChI is InChI=1S/C26H27AsO3/c1-3-29-25(20-26(28)30-4-2)21-27(22-14-8-5-9-15-22,23-16-10-6-11-17-23)24-18-12-7-13-19-24/h5-21H,3-4H2,1-2H3/b25-20+. The van der Waals surface area contributed by atoms with E-state index < -0.39 is 13.1 Å². The zero-order chi connectivity index (χ0) is 21.2. The molecule has 3 nitrogen and oxygen atoms in total. The summed E-state index contributed by atoms with van der Waals surface area (Å²) in [5, 5.41) is 0. The van der Waals surface area contributed by atoms with Gasteiger partial charge in [0.15, 0.2) is 0 Å². The van der Waals surface area contributed by atoms with Gasteiger partial charge in [-0.1, -0.05) is 0 Å². The Morgan fingerprint density at radius 1 is 0.700 bits per heavy atom. The van der Waals surface area contributed by atoms with Crippen LogP contribution < -0.4 is 13.1 Å². The van der Waals surface area contributed by atoms with E-state index >= 15 is 0 Å². The number of ether oxygens (including phenoxy) is 2. The number of rotatable bonds is 8. The summed E-state index contributed by atoms with van der Waals surface area (Å²) in [4.78, 5) is 14.4. The van der Waals surface area contributed by atoms with Gasteiger partial charge in [-0.05, 0) is 0 Å². The third-order valence-electron chi connectivity index (χ3n) is 4.67. The summed E-state index contributed by atoms with van der Waals surface area (Å²) in [6.07, 6.45) is 1.47. The molecule has 0 aromatic heterocycles. The molecule has 3 aromatic rings. The second kappa shape index (κ2) is 10.8. The Bertz CT molecular complexity index is 922. The molecule has 0 saturated heterocycles. The molecular weight excluding hydrogens is 435 g/mol. The van der Waals surface area contributed by atoms with Crippen molar-refractivity contribution in [3.05, 3.63) is 103 Å². The van der Waals surface area contributed by atoms with Crippen LogP contribution in [0.4, 0.5) is 0 Å². The number of allylic oxidation sites excluding steroid dienone is 1. The first kappa shape index (κ1) is 21.8. The van der Waals surface area contributed by atoms with Crippen molar-refractivity contribution in [2.45, 2.75) is 13.8 Å². The Morgan fingerprint density at radius 3 is 1.47 bits per heavy atom. The van der Waals surface area contributed by atoms with Crippen molar-refractivity contribution in [3.8, 4) is 0 Å². The molecule has 0 spiro atoms. The minimum absolute atomic E-state index is 0.329. The number of benzene rings is 3. The second-order valence-electron chi connectivity index (χ2n) is 6.59. The van der Waals surface area contributed by atoms with E-state index in [0.717, 1.165) is 0 Å². The Hall–Kier alpha value is -2.90. The number of carbonyl (C=O) groups is 1. The van der Waals surface area contributed by atoms with Gasteiger partial charge in [0, 0.05) is 0 Å². The molecule has 0 aliphatic rings. The van der Waals surface area contributed by atoms with Crippen LogP contribution in [0.5, 0.6) is 0 Å². The van der Waals surface area contributed by atoms with Crippen molar-refractivity contribution in [2.75, 3.05) is 13.2 Å². The van der Waals surface area contributed by atoms with E-state index in [4.69, 9.17) is 9.47 Å². The number of hydrogen-bond acceptors (Lipinski definition) is 3. The average Bonchev–Trinajstić information content (AvgIpc) is 2.79. The third kappa shape index (κ3) is 4.98. The molecule has 0 aliphatic carbocycles. The first-order valence-electron chi connectivity index (χ1n) is 10.1. The Morgan fingerprint density at radius 2 is 1.10 bits per heavy atom. The van der Waals surface area contributed by atoms with Crippen molar-refractivity contribution < 1.29 is 14.3 Å². The van der Waals surface area contributed by atoms with Gasteiger partial charge in [-0.3, -0.25) is 0 Å². The molecule has 0 atom stereocenters. The van der Waals surface area contributed by atoms with Crippen molar-refractivity contribution in [1.82, 2.24) is 0 Å². The fourth-order valence-corrected chi connectivity index (χ4v) is 11.4. The molecule has 0 saturated carbocycles. The molecular formula is C26H27AsO3. The number of hydrogen-bond donors (Lipinski definition) is 0. The van der Waals surface area contributed by atoms with Crippen LogP contribution in [-0.4, -0.2) is 37.1 Å². The molecule has 30 heavy (non-hydrogen) atoms. The normalized spacial score (nSPS) is 11.6. The summed E-state index contributed by atoms with van der Waals surface area (Å²) >= 11 is -3.11. The van der Waals surface area contributed by atoms with Gasteiger partial charge in [0.25, 0.3) is 0 Å². The minimum atomic E-state index is -3.11. The van der Waals surface area contributed by atoms with Crippen LogP contribution >= 0.6 is 0 Å². The summed E-state index contributed by atoms with van der Waals surface area (Å²) in [5.74, 6) is 0.167. The van der Waals surface area contributed by atoms with Crippen LogP contribution in [0.3, 0.4) is 0 Å². The van der Waals surface area contributed by atoms with Gasteiger partial charge in [-0.2, -0.15) is 0 Å². The molecule has 0 heterocycles. The van der Waals surface area contributed by atoms with Crippen LogP contribution in [0.25, 0.3) is 0 Å². The fraction of sp³-hybridized carbons (Fsp3) is 0.154. The first-order valence-corrected chi connectivity index (χ1v) is 14.0. The van der Waals surface area contributed by atoms with Crippen molar-refractivity contribution in [3.63, 3.8) is 0 Å². The summed E-state index contributed by atoms with van der Waals surface area (Å²) < 4.78 is 14.8. The van der Waals surface area contributed by atoms with Crippen molar-refractivity contribution in [2.24, 2.45) is 0 Å². The van der Waals surface area contributed by atoms with E-state index in [1.165, 1.54) is 19.1 Å². The Balaban J connectivity index is 2.38. The Labute approximate surface area is 181 Å². The Kier molecular flexibility index (Phi) is 7.81. The maximum absolute atomic E-state index is 12.2. The summed E-state index contributed by atoms with van der Waals surface area (Å²) in [6.45, 7) is 4.52. The van der Waals surface area contributed by atoms with E-state index in [2.05, 4.69) is 77.6 Å². The van der Waals surface area contributed by atoms with Gasteiger partial charge >= 0.3 is 181 Å². The van der Waals surface area contributed by atoms with Gasteiger partial charge in [0.2, 0.25) is 0 Å². The summed E-state index contributed by atoms with van der Waals surface area (Å²) in [5.41, 5.74) is 0. The first-order chi connectivity index (χ1) is 14.7. The molecule has 0 radical (unpaired) electrons. The van der Waals surface area contributed by atoms with Gasteiger partial charge in [0.1, 0.15) is 0 Å². The van der Waals surface area contributed by atoms with E-state index in [9.17, 15) is 4.79 Å². The van der Waals surface area contributed by atoms with Crippen LogP contribution in [-0.2, 0) is 14.3 Å². The predicted octanol–water partition coefficient (Wildman–Crippen LogP) is 3.02. The summed E-state index contributed by atoms with van der Waals surface area (Å²) in [6, 6.07) is 31.6. The topological polar surface area (TPSA) is 35.5 Å². The zero-order valence-corrected chi connectivity index (χ0v) is 19.3. The summed E-state index contributed by atoms with van der Waals surface area (Å²) in [7, 11) is 0. The predicted molar refractivity (Wildman–Crippen MR) is 126 cm³/mol. The van der Waals surface area contributed by atoms with E-state index in [1.807, 2.05) is 25.1 Å². The van der Waals surface area contributed by atoms with E-state index in [-0.39, 0.29) is 5.97 Å². The van der Waals surface area contributed by atoms with Crippen LogP contribution in [0.15, 0.2) is 103 Å². The zero-order valence-electron chi connectivity index (χ0n) is 17.4. The van der Waals surface area contributed by atoms with Crippen LogP contribution in [0.2, 0.25) is 0 Å². The number of carbonyl (C=O) groups excluding carboxylic acids is 1. The molecule has 0 aliphatic heterocycles. The fourth-order valence-electron chi connectivity index (χ4n) is 3.43. The van der Waals surface area contributed by atoms with Crippen LogP contribution in [0, 0.1) is 0 Å². The van der Waals surface area contributed by atoms with E-state index in [1.54, 1.807) is 6.92 Å². The monoisotopic (exact) mass is 462 g/mol. The molecule has 0 N–H and O–H groups in total. The average molecular weight is 462 g/mol. The molecule has 0 amide bonds. The van der Waals surface area contributed by atoms with Crippen molar-refractivity contribution >= 4 is 36.9 Å². The van der Waals surface area contributed by atoms with Gasteiger partial charge < -0.3 is 0 Å². The molecule has 3 rings (SSSR count). The molecule has 0 bridgehead atoms. The van der Waals surface area contributed by atoms with E-state index in [0.29, 0.717) is 19.0 Å². The maximum atomic E-state index is 12.2. The van der Waals surface area contributed by atoms with Crippen molar-refractivity contribution in [1.29, 1.82) is 0 Å². The van der Waals surface area contributed by atoms with Gasteiger partial charge in [-0.15, -0.1) is 0 Å². The van der Waals surface area contributed by atoms with Crippen LogP contribution in [0.1, 0.15) is 13.8 Å². The molecule has 0 unspecified atom stereocenters. The SMILES string of the molecule is CCOC(=O)/C=C(\C=[As](c1ccccc1)(c1ccccc1)c1ccccc1)OCC. The quantitative estimate of drug-likeness (QED) is 0.224. The number of esters is 1. The molecule has 3 aromatic carbocycles. The second-order valence-corrected chi connectivity index (χ2v) is 13.4. The molecule has 154 valence electrons.